The third-order valence-electron chi connectivity index (χ3n) is 1.60. The zero-order valence-electron chi connectivity index (χ0n) is 8.33. The Kier molecular flexibility index (Phi) is 4.65. The van der Waals surface area contributed by atoms with E-state index in [9.17, 15) is 4.39 Å². The molecule has 1 atom stereocenters. The molecule has 1 heterocycles. The molecule has 0 saturated carbocycles. The van der Waals surface area contributed by atoms with Crippen LogP contribution in [0.4, 0.5) is 10.2 Å². The third-order valence-corrected chi connectivity index (χ3v) is 2.74. The minimum Gasteiger partial charge on any atom is -0.367 e. The second kappa shape index (κ2) is 5.80. The van der Waals surface area contributed by atoms with Gasteiger partial charge in [-0.3, -0.25) is 0 Å². The fraction of sp³-hybridized carbons (Fsp3) is 0.556. The van der Waals surface area contributed by atoms with Crippen molar-refractivity contribution in [3.05, 3.63) is 18.3 Å². The quantitative estimate of drug-likeness (QED) is 0.764. The SMILES string of the molecule is CCSCC(C)Nc1cc(F)ncn1. The number of thioether (sulfide) groups is 1. The van der Waals surface area contributed by atoms with E-state index in [1.807, 2.05) is 18.7 Å². The van der Waals surface area contributed by atoms with Crippen LogP contribution in [-0.2, 0) is 0 Å². The van der Waals surface area contributed by atoms with E-state index in [2.05, 4.69) is 22.2 Å². The van der Waals surface area contributed by atoms with Crippen molar-refractivity contribution >= 4 is 17.6 Å². The zero-order valence-corrected chi connectivity index (χ0v) is 9.14. The molecule has 1 N–H and O–H groups in total. The second-order valence-electron chi connectivity index (χ2n) is 2.93. The molecule has 0 aliphatic carbocycles. The Bertz CT molecular complexity index is 283. The van der Waals surface area contributed by atoms with E-state index in [0.717, 1.165) is 11.5 Å². The number of anilines is 1. The molecule has 1 rings (SSSR count). The summed E-state index contributed by atoms with van der Waals surface area (Å²) in [7, 11) is 0. The molecule has 0 saturated heterocycles. The van der Waals surface area contributed by atoms with Gasteiger partial charge in [0.25, 0.3) is 0 Å². The Morgan fingerprint density at radius 1 is 1.57 bits per heavy atom. The third kappa shape index (κ3) is 3.91. The molecule has 5 heteroatoms. The van der Waals surface area contributed by atoms with Gasteiger partial charge < -0.3 is 5.32 Å². The van der Waals surface area contributed by atoms with Crippen molar-refractivity contribution in [2.24, 2.45) is 0 Å². The van der Waals surface area contributed by atoms with Gasteiger partial charge >= 0.3 is 0 Å². The van der Waals surface area contributed by atoms with Crippen LogP contribution in [0.15, 0.2) is 12.4 Å². The lowest BCUT2D eigenvalue weighted by molar-refractivity contribution is 0.580. The average Bonchev–Trinajstić information content (AvgIpc) is 2.15. The molecule has 78 valence electrons. The van der Waals surface area contributed by atoms with Crippen molar-refractivity contribution in [1.29, 1.82) is 0 Å². The standard InChI is InChI=1S/C9H14FN3S/c1-3-14-5-7(2)13-9-4-8(10)11-6-12-9/h4,6-7H,3,5H2,1-2H3,(H,11,12,13). The molecule has 1 aromatic rings. The molecule has 14 heavy (non-hydrogen) atoms. The molecule has 1 unspecified atom stereocenters. The molecule has 0 fully saturated rings. The summed E-state index contributed by atoms with van der Waals surface area (Å²) in [5.74, 6) is 2.12. The Morgan fingerprint density at radius 3 is 3.00 bits per heavy atom. The summed E-state index contributed by atoms with van der Waals surface area (Å²) in [5, 5.41) is 3.11. The Morgan fingerprint density at radius 2 is 2.36 bits per heavy atom. The van der Waals surface area contributed by atoms with Crippen LogP contribution in [0.25, 0.3) is 0 Å². The number of aromatic nitrogens is 2. The van der Waals surface area contributed by atoms with Crippen LogP contribution in [0.1, 0.15) is 13.8 Å². The monoisotopic (exact) mass is 215 g/mol. The summed E-state index contributed by atoms with van der Waals surface area (Å²) in [4.78, 5) is 7.30. The van der Waals surface area contributed by atoms with E-state index in [1.165, 1.54) is 12.4 Å². The molecular formula is C9H14FN3S. The number of rotatable bonds is 5. The van der Waals surface area contributed by atoms with Crippen molar-refractivity contribution < 1.29 is 4.39 Å². The minimum absolute atomic E-state index is 0.286. The van der Waals surface area contributed by atoms with Crippen LogP contribution in [0.3, 0.4) is 0 Å². The molecule has 0 bridgehead atoms. The van der Waals surface area contributed by atoms with Gasteiger partial charge in [0.1, 0.15) is 12.1 Å². The number of halogens is 1. The van der Waals surface area contributed by atoms with E-state index in [0.29, 0.717) is 5.82 Å². The van der Waals surface area contributed by atoms with E-state index < -0.39 is 5.95 Å². The molecule has 0 spiro atoms. The number of nitrogens with one attached hydrogen (secondary N) is 1. The predicted octanol–water partition coefficient (Wildman–Crippen LogP) is 2.17. The maximum Gasteiger partial charge on any atom is 0.217 e. The van der Waals surface area contributed by atoms with Crippen molar-refractivity contribution in [2.75, 3.05) is 16.8 Å². The van der Waals surface area contributed by atoms with Gasteiger partial charge in [0.05, 0.1) is 0 Å². The first-order chi connectivity index (χ1) is 6.72. The average molecular weight is 215 g/mol. The molecule has 0 amide bonds. The summed E-state index contributed by atoms with van der Waals surface area (Å²) >= 11 is 1.84. The normalized spacial score (nSPS) is 12.5. The summed E-state index contributed by atoms with van der Waals surface area (Å²) < 4.78 is 12.7. The molecule has 0 aliphatic rings. The first-order valence-electron chi connectivity index (χ1n) is 4.54. The predicted molar refractivity (Wildman–Crippen MR) is 58.1 cm³/mol. The molecule has 0 aliphatic heterocycles. The summed E-state index contributed by atoms with van der Waals surface area (Å²) in [6.07, 6.45) is 1.22. The van der Waals surface area contributed by atoms with E-state index >= 15 is 0 Å². The Hall–Kier alpha value is -0.840. The first-order valence-corrected chi connectivity index (χ1v) is 5.69. The molecule has 1 aromatic heterocycles. The fourth-order valence-electron chi connectivity index (χ4n) is 1.00. The van der Waals surface area contributed by atoms with Crippen LogP contribution in [0.2, 0.25) is 0 Å². The topological polar surface area (TPSA) is 37.8 Å². The maximum absolute atomic E-state index is 12.7. The highest BCUT2D eigenvalue weighted by Crippen LogP contribution is 2.08. The van der Waals surface area contributed by atoms with E-state index in [1.54, 1.807) is 0 Å². The lowest BCUT2D eigenvalue weighted by atomic mass is 10.4. The zero-order chi connectivity index (χ0) is 10.4. The first kappa shape index (κ1) is 11.2. The van der Waals surface area contributed by atoms with Gasteiger partial charge in [0.2, 0.25) is 5.95 Å². The maximum atomic E-state index is 12.7. The highest BCUT2D eigenvalue weighted by atomic mass is 32.2. The van der Waals surface area contributed by atoms with Gasteiger partial charge in [-0.2, -0.15) is 16.2 Å². The van der Waals surface area contributed by atoms with Crippen LogP contribution in [-0.4, -0.2) is 27.5 Å². The summed E-state index contributed by atoms with van der Waals surface area (Å²) in [6, 6.07) is 1.59. The largest absolute Gasteiger partial charge is 0.367 e. The van der Waals surface area contributed by atoms with Crippen LogP contribution in [0.5, 0.6) is 0 Å². The Labute approximate surface area is 87.5 Å². The van der Waals surface area contributed by atoms with Crippen molar-refractivity contribution in [3.63, 3.8) is 0 Å². The number of hydrogen-bond donors (Lipinski definition) is 1. The smallest absolute Gasteiger partial charge is 0.217 e. The van der Waals surface area contributed by atoms with Gasteiger partial charge in [-0.25, -0.2) is 9.97 Å². The lowest BCUT2D eigenvalue weighted by Gasteiger charge is -2.12. The van der Waals surface area contributed by atoms with E-state index in [-0.39, 0.29) is 6.04 Å². The second-order valence-corrected chi connectivity index (χ2v) is 4.25. The minimum atomic E-state index is -0.502. The molecule has 3 nitrogen and oxygen atoms in total. The van der Waals surface area contributed by atoms with Crippen molar-refractivity contribution in [1.82, 2.24) is 9.97 Å². The summed E-state index contributed by atoms with van der Waals surface area (Å²) in [6.45, 7) is 4.16. The highest BCUT2D eigenvalue weighted by Gasteiger charge is 2.03. The number of nitrogens with zero attached hydrogens (tertiary/aromatic N) is 2. The number of hydrogen-bond acceptors (Lipinski definition) is 4. The molecule has 0 radical (unpaired) electrons. The van der Waals surface area contributed by atoms with Crippen LogP contribution < -0.4 is 5.32 Å². The van der Waals surface area contributed by atoms with Gasteiger partial charge in [0, 0.05) is 17.9 Å². The van der Waals surface area contributed by atoms with E-state index in [4.69, 9.17) is 0 Å². The molecular weight excluding hydrogens is 201 g/mol. The van der Waals surface area contributed by atoms with Crippen LogP contribution >= 0.6 is 11.8 Å². The van der Waals surface area contributed by atoms with Gasteiger partial charge in [0.15, 0.2) is 0 Å². The highest BCUT2D eigenvalue weighted by molar-refractivity contribution is 7.99. The summed E-state index contributed by atoms with van der Waals surface area (Å²) in [5.41, 5.74) is 0. The van der Waals surface area contributed by atoms with Gasteiger partial charge in [-0.05, 0) is 12.7 Å². The fourth-order valence-corrected chi connectivity index (χ4v) is 1.67. The Balaban J connectivity index is 2.43. The van der Waals surface area contributed by atoms with Crippen LogP contribution in [0, 0.1) is 5.95 Å². The molecule has 0 aromatic carbocycles. The van der Waals surface area contributed by atoms with Gasteiger partial charge in [-0.15, -0.1) is 0 Å². The van der Waals surface area contributed by atoms with Gasteiger partial charge in [-0.1, -0.05) is 6.92 Å². The lowest BCUT2D eigenvalue weighted by Crippen LogP contribution is -2.19. The van der Waals surface area contributed by atoms with Crippen molar-refractivity contribution in [2.45, 2.75) is 19.9 Å². The van der Waals surface area contributed by atoms with Crippen molar-refractivity contribution in [3.8, 4) is 0 Å².